The van der Waals surface area contributed by atoms with Gasteiger partial charge in [0.15, 0.2) is 6.17 Å². The third-order valence-corrected chi connectivity index (χ3v) is 5.50. The topological polar surface area (TPSA) is 76.1 Å². The summed E-state index contributed by atoms with van der Waals surface area (Å²) in [5, 5.41) is 15.0. The molecule has 0 bridgehead atoms. The van der Waals surface area contributed by atoms with Gasteiger partial charge in [-0.05, 0) is 64.1 Å². The maximum atomic E-state index is 13.3. The maximum Gasteiger partial charge on any atom is 0.347 e. The van der Waals surface area contributed by atoms with Crippen molar-refractivity contribution in [2.75, 3.05) is 10.2 Å². The second-order valence-electron chi connectivity index (χ2n) is 7.91. The van der Waals surface area contributed by atoms with Gasteiger partial charge in [0, 0.05) is 27.5 Å². The Balaban J connectivity index is 2.00. The molecule has 0 aromatic heterocycles. The standard InChI is InChI=1S/C21H24Cl2N4O3/c1-13(2)26-20(29)25(17-10-6-8-15(23)12-17)18(21(26,3)4)27(30)19(28)24-16-9-5-7-14(22)11-16/h5-13,18,30H,1-4H3,(H,24,28)/t18-/m1/s1. The number of rotatable bonds is 4. The number of nitrogens with one attached hydrogen (secondary N) is 1. The molecule has 1 saturated heterocycles. The van der Waals surface area contributed by atoms with Crippen molar-refractivity contribution in [2.45, 2.75) is 45.4 Å². The number of benzene rings is 2. The number of amides is 4. The minimum absolute atomic E-state index is 0.163. The molecule has 1 aliphatic heterocycles. The van der Waals surface area contributed by atoms with Crippen molar-refractivity contribution >= 4 is 46.6 Å². The predicted molar refractivity (Wildman–Crippen MR) is 118 cm³/mol. The molecule has 2 aromatic rings. The highest BCUT2D eigenvalue weighted by Gasteiger charge is 2.56. The van der Waals surface area contributed by atoms with Crippen molar-refractivity contribution in [2.24, 2.45) is 0 Å². The first-order valence-corrected chi connectivity index (χ1v) is 10.2. The first kappa shape index (κ1) is 22.2. The molecule has 9 heteroatoms. The van der Waals surface area contributed by atoms with Crippen LogP contribution < -0.4 is 10.2 Å². The summed E-state index contributed by atoms with van der Waals surface area (Å²) in [6, 6.07) is 12.0. The first-order valence-electron chi connectivity index (χ1n) is 9.46. The molecule has 4 amide bonds. The Morgan fingerprint density at radius 1 is 1.13 bits per heavy atom. The Kier molecular flexibility index (Phi) is 6.17. The van der Waals surface area contributed by atoms with Gasteiger partial charge in [-0.1, -0.05) is 35.3 Å². The van der Waals surface area contributed by atoms with Crippen molar-refractivity contribution in [3.63, 3.8) is 0 Å². The van der Waals surface area contributed by atoms with E-state index in [-0.39, 0.29) is 12.1 Å². The third-order valence-electron chi connectivity index (χ3n) is 5.03. The van der Waals surface area contributed by atoms with Crippen LogP contribution in [0.1, 0.15) is 27.7 Å². The minimum Gasteiger partial charge on any atom is -0.313 e. The zero-order valence-corrected chi connectivity index (χ0v) is 18.6. The monoisotopic (exact) mass is 450 g/mol. The van der Waals surface area contributed by atoms with Crippen LogP contribution in [-0.4, -0.2) is 45.0 Å². The summed E-state index contributed by atoms with van der Waals surface area (Å²) < 4.78 is 0. The van der Waals surface area contributed by atoms with Crippen molar-refractivity contribution < 1.29 is 14.8 Å². The third kappa shape index (κ3) is 4.05. The highest BCUT2D eigenvalue weighted by Crippen LogP contribution is 2.39. The predicted octanol–water partition coefficient (Wildman–Crippen LogP) is 5.67. The van der Waals surface area contributed by atoms with Gasteiger partial charge in [-0.2, -0.15) is 5.06 Å². The molecule has 0 saturated carbocycles. The van der Waals surface area contributed by atoms with Gasteiger partial charge in [0.1, 0.15) is 0 Å². The average Bonchev–Trinajstić information content (AvgIpc) is 2.86. The zero-order valence-electron chi connectivity index (χ0n) is 17.1. The van der Waals surface area contributed by atoms with Gasteiger partial charge in [-0.3, -0.25) is 10.1 Å². The molecule has 3 rings (SSSR count). The van der Waals surface area contributed by atoms with E-state index in [2.05, 4.69) is 5.32 Å². The van der Waals surface area contributed by atoms with E-state index in [1.807, 2.05) is 13.8 Å². The summed E-state index contributed by atoms with van der Waals surface area (Å²) >= 11 is 12.1. The number of nitrogens with zero attached hydrogens (tertiary/aromatic N) is 3. The fourth-order valence-corrected chi connectivity index (χ4v) is 4.31. The number of hydrogen-bond acceptors (Lipinski definition) is 3. The molecule has 7 nitrogen and oxygen atoms in total. The second kappa shape index (κ2) is 8.34. The number of carbonyl (C=O) groups excluding carboxylic acids is 2. The van der Waals surface area contributed by atoms with Crippen LogP contribution in [0.2, 0.25) is 10.0 Å². The smallest absolute Gasteiger partial charge is 0.313 e. The van der Waals surface area contributed by atoms with Crippen LogP contribution in [0.25, 0.3) is 0 Å². The Morgan fingerprint density at radius 2 is 1.73 bits per heavy atom. The minimum atomic E-state index is -1.01. The molecule has 1 atom stereocenters. The van der Waals surface area contributed by atoms with Crippen LogP contribution in [0, 0.1) is 0 Å². The van der Waals surface area contributed by atoms with E-state index in [1.54, 1.807) is 67.3 Å². The fraction of sp³-hybridized carbons (Fsp3) is 0.333. The number of carbonyl (C=O) groups is 2. The molecule has 1 fully saturated rings. The molecule has 0 radical (unpaired) electrons. The van der Waals surface area contributed by atoms with Crippen LogP contribution in [0.3, 0.4) is 0 Å². The van der Waals surface area contributed by atoms with Crippen LogP contribution in [0.5, 0.6) is 0 Å². The SMILES string of the molecule is CC(C)N1C(=O)N(c2cccc(Cl)c2)[C@H](N(O)C(=O)Nc2cccc(Cl)c2)C1(C)C. The molecule has 2 aromatic carbocycles. The lowest BCUT2D eigenvalue weighted by Gasteiger charge is -2.39. The van der Waals surface area contributed by atoms with Gasteiger partial charge in [-0.15, -0.1) is 0 Å². The number of hydroxylamine groups is 2. The van der Waals surface area contributed by atoms with Crippen molar-refractivity contribution in [3.8, 4) is 0 Å². The Hall–Kier alpha value is -2.48. The normalized spacial score (nSPS) is 18.1. The molecular formula is C21H24Cl2N4O3. The van der Waals surface area contributed by atoms with Crippen molar-refractivity contribution in [1.29, 1.82) is 0 Å². The van der Waals surface area contributed by atoms with Crippen LogP contribution >= 0.6 is 23.2 Å². The fourth-order valence-electron chi connectivity index (χ4n) is 3.94. The van der Waals surface area contributed by atoms with Crippen molar-refractivity contribution in [1.82, 2.24) is 9.96 Å². The van der Waals surface area contributed by atoms with E-state index in [4.69, 9.17) is 23.2 Å². The lowest BCUT2D eigenvalue weighted by atomic mass is 9.98. The van der Waals surface area contributed by atoms with Gasteiger partial charge in [0.25, 0.3) is 0 Å². The lowest BCUT2D eigenvalue weighted by Crippen LogP contribution is -2.58. The molecule has 0 unspecified atom stereocenters. The van der Waals surface area contributed by atoms with Gasteiger partial charge < -0.3 is 10.2 Å². The summed E-state index contributed by atoms with van der Waals surface area (Å²) in [6.07, 6.45) is -1.01. The Bertz CT molecular complexity index is 967. The van der Waals surface area contributed by atoms with Crippen LogP contribution in [0.15, 0.2) is 48.5 Å². The molecule has 160 valence electrons. The second-order valence-corrected chi connectivity index (χ2v) is 8.78. The summed E-state index contributed by atoms with van der Waals surface area (Å²) in [7, 11) is 0. The van der Waals surface area contributed by atoms with E-state index in [0.717, 1.165) is 0 Å². The van der Waals surface area contributed by atoms with Gasteiger partial charge in [0.05, 0.1) is 5.54 Å². The van der Waals surface area contributed by atoms with Gasteiger partial charge >= 0.3 is 12.1 Å². The van der Waals surface area contributed by atoms with Crippen LogP contribution in [-0.2, 0) is 0 Å². The molecule has 1 aliphatic rings. The zero-order chi connectivity index (χ0) is 22.2. The molecule has 30 heavy (non-hydrogen) atoms. The summed E-state index contributed by atoms with van der Waals surface area (Å²) in [5.74, 6) is 0. The van der Waals surface area contributed by atoms with E-state index in [0.29, 0.717) is 26.5 Å². The molecule has 2 N–H and O–H groups in total. The number of hydrogen-bond donors (Lipinski definition) is 2. The van der Waals surface area contributed by atoms with Gasteiger partial charge in [0.2, 0.25) is 0 Å². The molecule has 0 spiro atoms. The number of anilines is 2. The number of halogens is 2. The van der Waals surface area contributed by atoms with E-state index >= 15 is 0 Å². The highest BCUT2D eigenvalue weighted by molar-refractivity contribution is 6.31. The quantitative estimate of drug-likeness (QED) is 0.465. The summed E-state index contributed by atoms with van der Waals surface area (Å²) in [5.41, 5.74) is -0.0133. The van der Waals surface area contributed by atoms with E-state index < -0.39 is 17.7 Å². The average molecular weight is 451 g/mol. The Morgan fingerprint density at radius 3 is 2.30 bits per heavy atom. The maximum absolute atomic E-state index is 13.3. The first-order chi connectivity index (χ1) is 14.0. The van der Waals surface area contributed by atoms with E-state index in [9.17, 15) is 14.8 Å². The molecular weight excluding hydrogens is 427 g/mol. The largest absolute Gasteiger partial charge is 0.347 e. The number of urea groups is 2. The summed E-state index contributed by atoms with van der Waals surface area (Å²) in [4.78, 5) is 29.2. The molecule has 1 heterocycles. The Labute approximate surface area is 185 Å². The highest BCUT2D eigenvalue weighted by atomic mass is 35.5. The lowest BCUT2D eigenvalue weighted by molar-refractivity contribution is -0.0968. The van der Waals surface area contributed by atoms with E-state index in [1.165, 1.54) is 4.90 Å². The molecule has 0 aliphatic carbocycles. The summed E-state index contributed by atoms with van der Waals surface area (Å²) in [6.45, 7) is 7.36. The van der Waals surface area contributed by atoms with Crippen LogP contribution in [0.4, 0.5) is 21.0 Å². The van der Waals surface area contributed by atoms with Gasteiger partial charge in [-0.25, -0.2) is 9.59 Å². The van der Waals surface area contributed by atoms with Crippen molar-refractivity contribution in [3.05, 3.63) is 58.6 Å².